The molecule has 0 fully saturated rings. The monoisotopic (exact) mass is 450 g/mol. The molecular formula is C25H30N4O2S. The highest BCUT2D eigenvalue weighted by Gasteiger charge is 2.19. The van der Waals surface area contributed by atoms with Crippen LogP contribution in [0.3, 0.4) is 0 Å². The Hall–Kier alpha value is -3.45. The number of fused-ring (bicyclic) bond motifs is 1. The summed E-state index contributed by atoms with van der Waals surface area (Å²) < 4.78 is 28.3. The molecule has 0 saturated carbocycles. The third kappa shape index (κ3) is 6.28. The van der Waals surface area contributed by atoms with Crippen molar-refractivity contribution in [2.45, 2.75) is 39.5 Å². The molecule has 4 rings (SSSR count). The van der Waals surface area contributed by atoms with Crippen molar-refractivity contribution in [2.75, 3.05) is 10.0 Å². The molecule has 0 saturated heterocycles. The van der Waals surface area contributed by atoms with Crippen molar-refractivity contribution in [1.82, 2.24) is 9.97 Å². The highest BCUT2D eigenvalue weighted by molar-refractivity contribution is 7.92. The fourth-order valence-electron chi connectivity index (χ4n) is 2.72. The van der Waals surface area contributed by atoms with Crippen molar-refractivity contribution in [1.29, 1.82) is 0 Å². The van der Waals surface area contributed by atoms with E-state index in [1.165, 1.54) is 0 Å². The lowest BCUT2D eigenvalue weighted by Gasteiger charge is -2.14. The largest absolute Gasteiger partial charge is 0.337 e. The molecule has 0 bridgehead atoms. The summed E-state index contributed by atoms with van der Waals surface area (Å²) in [5, 5.41) is 3.15. The van der Waals surface area contributed by atoms with Crippen molar-refractivity contribution in [3.63, 3.8) is 0 Å². The van der Waals surface area contributed by atoms with Crippen LogP contribution in [0.2, 0.25) is 0 Å². The molecule has 0 unspecified atom stereocenters. The maximum absolute atomic E-state index is 12.8. The molecule has 1 heterocycles. The van der Waals surface area contributed by atoms with Crippen LogP contribution in [0.4, 0.5) is 17.3 Å². The van der Waals surface area contributed by atoms with E-state index in [9.17, 15) is 8.42 Å². The van der Waals surface area contributed by atoms with Crippen LogP contribution in [0.5, 0.6) is 0 Å². The van der Waals surface area contributed by atoms with E-state index in [-0.39, 0.29) is 10.7 Å². The van der Waals surface area contributed by atoms with Crippen LogP contribution in [0.15, 0.2) is 83.8 Å². The number of sulfonamides is 1. The van der Waals surface area contributed by atoms with Gasteiger partial charge < -0.3 is 5.32 Å². The summed E-state index contributed by atoms with van der Waals surface area (Å²) >= 11 is 0. The van der Waals surface area contributed by atoms with Crippen LogP contribution < -0.4 is 10.0 Å². The predicted octanol–water partition coefficient (Wildman–Crippen LogP) is 6.54. The van der Waals surface area contributed by atoms with Gasteiger partial charge in [-0.05, 0) is 43.3 Å². The van der Waals surface area contributed by atoms with Crippen LogP contribution in [0.1, 0.15) is 33.3 Å². The molecule has 7 heteroatoms. The number of hydrogen-bond donors (Lipinski definition) is 2. The smallest absolute Gasteiger partial charge is 0.263 e. The zero-order chi connectivity index (χ0) is 23.6. The highest BCUT2D eigenvalue weighted by atomic mass is 32.2. The molecule has 4 aromatic rings. The van der Waals surface area contributed by atoms with Crippen LogP contribution >= 0.6 is 0 Å². The van der Waals surface area contributed by atoms with E-state index in [0.717, 1.165) is 11.3 Å². The van der Waals surface area contributed by atoms with E-state index in [0.29, 0.717) is 16.9 Å². The fraction of sp³-hybridized carbons (Fsp3) is 0.200. The SMILES string of the molecule is CC.CC.Cc1ccc(S(=O)(=O)Nc2nc3ccccc3nc2Nc2ccccc2)cc1. The van der Waals surface area contributed by atoms with Gasteiger partial charge in [0.15, 0.2) is 11.6 Å². The predicted molar refractivity (Wildman–Crippen MR) is 134 cm³/mol. The van der Waals surface area contributed by atoms with Crippen molar-refractivity contribution in [3.05, 3.63) is 84.4 Å². The van der Waals surface area contributed by atoms with E-state index in [1.54, 1.807) is 30.3 Å². The molecule has 0 aliphatic heterocycles. The molecule has 0 amide bonds. The lowest BCUT2D eigenvalue weighted by Crippen LogP contribution is -2.16. The first-order chi connectivity index (χ1) is 15.5. The third-order valence-corrected chi connectivity index (χ3v) is 5.52. The van der Waals surface area contributed by atoms with Gasteiger partial charge in [-0.2, -0.15) is 0 Å². The van der Waals surface area contributed by atoms with Gasteiger partial charge in [-0.1, -0.05) is 75.7 Å². The van der Waals surface area contributed by atoms with E-state index in [1.807, 2.05) is 83.1 Å². The zero-order valence-electron chi connectivity index (χ0n) is 19.1. The highest BCUT2D eigenvalue weighted by Crippen LogP contribution is 2.27. The summed E-state index contributed by atoms with van der Waals surface area (Å²) in [5.41, 5.74) is 3.03. The number of rotatable bonds is 5. The standard InChI is InChI=1S/C21H18N4O2S.2C2H6/c1-15-11-13-17(14-12-15)28(26,27)25-21-20(22-16-7-3-2-4-8-16)23-18-9-5-6-10-19(18)24-21;2*1-2/h2-14H,1H3,(H,22,23)(H,24,25);2*1-2H3. The Morgan fingerprint density at radius 3 is 1.72 bits per heavy atom. The topological polar surface area (TPSA) is 84.0 Å². The first-order valence-corrected chi connectivity index (χ1v) is 12.2. The summed E-state index contributed by atoms with van der Waals surface area (Å²) in [6.45, 7) is 9.90. The van der Waals surface area contributed by atoms with Gasteiger partial charge in [-0.15, -0.1) is 0 Å². The number of para-hydroxylation sites is 3. The molecule has 1 aromatic heterocycles. The molecular weight excluding hydrogens is 420 g/mol. The van der Waals surface area contributed by atoms with E-state index in [2.05, 4.69) is 20.0 Å². The molecule has 32 heavy (non-hydrogen) atoms. The molecule has 0 radical (unpaired) electrons. The first-order valence-electron chi connectivity index (χ1n) is 10.7. The Morgan fingerprint density at radius 1 is 0.656 bits per heavy atom. The number of nitrogens with zero attached hydrogens (tertiary/aromatic N) is 2. The number of aromatic nitrogens is 2. The quantitative estimate of drug-likeness (QED) is 0.361. The number of benzene rings is 3. The summed E-state index contributed by atoms with van der Waals surface area (Å²) in [6.07, 6.45) is 0. The molecule has 6 nitrogen and oxygen atoms in total. The van der Waals surface area contributed by atoms with Crippen molar-refractivity contribution in [3.8, 4) is 0 Å². The molecule has 3 aromatic carbocycles. The van der Waals surface area contributed by atoms with Crippen molar-refractivity contribution >= 4 is 38.4 Å². The number of nitrogens with one attached hydrogen (secondary N) is 2. The third-order valence-electron chi connectivity index (χ3n) is 4.17. The Labute approximate surface area is 190 Å². The van der Waals surface area contributed by atoms with Crippen LogP contribution in [-0.2, 0) is 10.0 Å². The minimum Gasteiger partial charge on any atom is -0.337 e. The number of hydrogen-bond acceptors (Lipinski definition) is 5. The lowest BCUT2D eigenvalue weighted by molar-refractivity contribution is 0.601. The molecule has 0 spiro atoms. The molecule has 168 valence electrons. The maximum atomic E-state index is 12.8. The average Bonchev–Trinajstić information content (AvgIpc) is 2.83. The van der Waals surface area contributed by atoms with Gasteiger partial charge in [0.2, 0.25) is 0 Å². The minimum absolute atomic E-state index is 0.142. The summed E-state index contributed by atoms with van der Waals surface area (Å²) in [5.74, 6) is 0.476. The summed E-state index contributed by atoms with van der Waals surface area (Å²) in [6, 6.07) is 23.4. The van der Waals surface area contributed by atoms with Gasteiger partial charge in [0, 0.05) is 5.69 Å². The molecule has 0 aliphatic carbocycles. The van der Waals surface area contributed by atoms with Crippen molar-refractivity contribution < 1.29 is 8.42 Å². The van der Waals surface area contributed by atoms with Gasteiger partial charge in [-0.25, -0.2) is 18.4 Å². The van der Waals surface area contributed by atoms with Crippen LogP contribution in [0, 0.1) is 6.92 Å². The zero-order valence-corrected chi connectivity index (χ0v) is 19.9. The second-order valence-corrected chi connectivity index (χ2v) is 8.00. The Kier molecular flexibility index (Phi) is 9.16. The Balaban J connectivity index is 0.000000860. The average molecular weight is 451 g/mol. The van der Waals surface area contributed by atoms with Gasteiger partial charge >= 0.3 is 0 Å². The maximum Gasteiger partial charge on any atom is 0.263 e. The van der Waals surface area contributed by atoms with Crippen LogP contribution in [0.25, 0.3) is 11.0 Å². The van der Waals surface area contributed by atoms with E-state index in [4.69, 9.17) is 0 Å². The Morgan fingerprint density at radius 2 is 1.16 bits per heavy atom. The molecule has 0 atom stereocenters. The fourth-order valence-corrected chi connectivity index (χ4v) is 3.73. The second-order valence-electron chi connectivity index (χ2n) is 6.32. The van der Waals surface area contributed by atoms with E-state index < -0.39 is 10.0 Å². The van der Waals surface area contributed by atoms with Crippen molar-refractivity contribution in [2.24, 2.45) is 0 Å². The van der Waals surface area contributed by atoms with Gasteiger partial charge in [0.05, 0.1) is 15.9 Å². The lowest BCUT2D eigenvalue weighted by atomic mass is 10.2. The molecule has 2 N–H and O–H groups in total. The van der Waals surface area contributed by atoms with E-state index >= 15 is 0 Å². The van der Waals surface area contributed by atoms with Gasteiger partial charge in [0.25, 0.3) is 10.0 Å². The van der Waals surface area contributed by atoms with Gasteiger partial charge in [0.1, 0.15) is 0 Å². The first kappa shape index (κ1) is 24.8. The Bertz CT molecular complexity index is 1230. The summed E-state index contributed by atoms with van der Waals surface area (Å²) in [7, 11) is -3.81. The summed E-state index contributed by atoms with van der Waals surface area (Å²) in [4.78, 5) is 9.21. The second kappa shape index (κ2) is 11.8. The van der Waals surface area contributed by atoms with Crippen LogP contribution in [-0.4, -0.2) is 18.4 Å². The minimum atomic E-state index is -3.81. The molecule has 0 aliphatic rings. The number of anilines is 3. The van der Waals surface area contributed by atoms with Gasteiger partial charge in [-0.3, -0.25) is 4.72 Å². The number of aryl methyl sites for hydroxylation is 1. The normalized spacial score (nSPS) is 10.3.